The van der Waals surface area contributed by atoms with E-state index in [2.05, 4.69) is 35.1 Å². The smallest absolute Gasteiger partial charge is 0.224 e. The van der Waals surface area contributed by atoms with Gasteiger partial charge in [-0.05, 0) is 13.3 Å². The minimum Gasteiger partial charge on any atom is -0.359 e. The lowest BCUT2D eigenvalue weighted by Gasteiger charge is -2.31. The van der Waals surface area contributed by atoms with Crippen molar-refractivity contribution in [1.29, 1.82) is 0 Å². The molecule has 1 heterocycles. The van der Waals surface area contributed by atoms with Crippen LogP contribution in [0.1, 0.15) is 33.6 Å². The Kier molecular flexibility index (Phi) is 6.02. The van der Waals surface area contributed by atoms with Crippen molar-refractivity contribution in [3.05, 3.63) is 11.8 Å². The molecule has 0 aliphatic carbocycles. The van der Waals surface area contributed by atoms with Gasteiger partial charge in [0, 0.05) is 37.8 Å². The molecule has 0 aromatic heterocycles. The molecule has 1 aliphatic heterocycles. The molecule has 5 nitrogen and oxygen atoms in total. The molecule has 2 unspecified atom stereocenters. The number of nitrogens with two attached hydrogens (primary N) is 1. The Hall–Kier alpha value is -1.36. The van der Waals surface area contributed by atoms with Crippen molar-refractivity contribution in [3.63, 3.8) is 0 Å². The van der Waals surface area contributed by atoms with Crippen molar-refractivity contribution in [2.75, 3.05) is 13.6 Å². The first-order chi connectivity index (χ1) is 8.99. The van der Waals surface area contributed by atoms with E-state index in [0.29, 0.717) is 6.54 Å². The second-order valence-corrected chi connectivity index (χ2v) is 5.17. The fourth-order valence-electron chi connectivity index (χ4n) is 2.19. The van der Waals surface area contributed by atoms with Gasteiger partial charge in [-0.1, -0.05) is 19.9 Å². The molecule has 0 saturated carbocycles. The molecule has 19 heavy (non-hydrogen) atoms. The van der Waals surface area contributed by atoms with Gasteiger partial charge in [0.25, 0.3) is 0 Å². The van der Waals surface area contributed by atoms with E-state index in [1.807, 2.05) is 13.3 Å². The van der Waals surface area contributed by atoms with Crippen molar-refractivity contribution in [2.24, 2.45) is 16.6 Å². The molecule has 0 spiro atoms. The number of amides is 1. The molecule has 0 saturated heterocycles. The first-order valence-electron chi connectivity index (χ1n) is 6.95. The zero-order chi connectivity index (χ0) is 14.4. The van der Waals surface area contributed by atoms with E-state index in [0.717, 1.165) is 18.5 Å². The molecule has 0 bridgehead atoms. The number of aliphatic imine (C=N–C) groups is 1. The summed E-state index contributed by atoms with van der Waals surface area (Å²) in [7, 11) is 1.66. The van der Waals surface area contributed by atoms with Crippen LogP contribution in [0.25, 0.3) is 0 Å². The van der Waals surface area contributed by atoms with Crippen LogP contribution in [-0.4, -0.2) is 42.8 Å². The second-order valence-electron chi connectivity index (χ2n) is 5.17. The van der Waals surface area contributed by atoms with Gasteiger partial charge in [0.2, 0.25) is 5.91 Å². The average molecular weight is 266 g/mol. The van der Waals surface area contributed by atoms with Crippen LogP contribution < -0.4 is 11.1 Å². The Morgan fingerprint density at radius 3 is 3.00 bits per heavy atom. The van der Waals surface area contributed by atoms with Crippen molar-refractivity contribution in [2.45, 2.75) is 45.7 Å². The molecule has 1 rings (SSSR count). The van der Waals surface area contributed by atoms with Gasteiger partial charge < -0.3 is 16.0 Å². The normalized spacial score (nSPS) is 27.2. The maximum absolute atomic E-state index is 11.6. The highest BCUT2D eigenvalue weighted by Crippen LogP contribution is 2.17. The van der Waals surface area contributed by atoms with Gasteiger partial charge in [-0.3, -0.25) is 4.79 Å². The average Bonchev–Trinajstić information content (AvgIpc) is 2.52. The van der Waals surface area contributed by atoms with E-state index in [1.54, 1.807) is 7.05 Å². The predicted octanol–water partition coefficient (Wildman–Crippen LogP) is 1.11. The van der Waals surface area contributed by atoms with Crippen LogP contribution in [-0.2, 0) is 4.79 Å². The van der Waals surface area contributed by atoms with Gasteiger partial charge in [0.05, 0.1) is 12.3 Å². The molecule has 5 heteroatoms. The maximum atomic E-state index is 11.6. The number of carbonyl (C=O) groups excluding carboxylic acids is 1. The third-order valence-electron chi connectivity index (χ3n) is 3.58. The number of rotatable bonds is 4. The quantitative estimate of drug-likeness (QED) is 0.801. The summed E-state index contributed by atoms with van der Waals surface area (Å²) in [5, 5.41) is 2.67. The fourth-order valence-corrected chi connectivity index (χ4v) is 2.19. The molecule has 0 aromatic carbocycles. The molecule has 0 radical (unpaired) electrons. The lowest BCUT2D eigenvalue weighted by atomic mass is 10.0. The van der Waals surface area contributed by atoms with Gasteiger partial charge in [-0.2, -0.15) is 0 Å². The number of nitrogens with zero attached hydrogens (tertiary/aromatic N) is 2. The number of hydrogen-bond donors (Lipinski definition) is 2. The van der Waals surface area contributed by atoms with Crippen LogP contribution >= 0.6 is 0 Å². The summed E-state index contributed by atoms with van der Waals surface area (Å²) in [5.74, 6) is -0.0365. The molecular weight excluding hydrogens is 240 g/mol. The molecule has 1 amide bonds. The summed E-state index contributed by atoms with van der Waals surface area (Å²) in [5.41, 5.74) is 7.25. The van der Waals surface area contributed by atoms with Crippen LogP contribution in [0.15, 0.2) is 16.8 Å². The third kappa shape index (κ3) is 4.35. The summed E-state index contributed by atoms with van der Waals surface area (Å²) in [6.07, 6.45) is 5.69. The minimum atomic E-state index is -0.0807. The third-order valence-corrected chi connectivity index (χ3v) is 3.58. The summed E-state index contributed by atoms with van der Waals surface area (Å²) in [4.78, 5) is 18.2. The molecular formula is C14H26N4O. The number of carbonyl (C=O) groups is 1. The summed E-state index contributed by atoms with van der Waals surface area (Å²) < 4.78 is 0. The van der Waals surface area contributed by atoms with Gasteiger partial charge in [0.1, 0.15) is 0 Å². The molecule has 0 aromatic rings. The lowest BCUT2D eigenvalue weighted by molar-refractivity contribution is -0.124. The monoisotopic (exact) mass is 266 g/mol. The standard InChI is InChI=1S/C14H26N4O/c1-5-6-12-7-13(15)11(3)18(9-17-12)8-10(2)14(19)16-4/h6,9-11,13H,5,7-8,15H2,1-4H3,(H,16,19)/b12-6+/t10?,11?,13-/m0/s1. The van der Waals surface area contributed by atoms with E-state index < -0.39 is 0 Å². The Balaban J connectivity index is 2.78. The second kappa shape index (κ2) is 7.28. The van der Waals surface area contributed by atoms with Crippen LogP contribution in [0, 0.1) is 5.92 Å². The van der Waals surface area contributed by atoms with Gasteiger partial charge in [0.15, 0.2) is 0 Å². The van der Waals surface area contributed by atoms with Crippen molar-refractivity contribution in [1.82, 2.24) is 10.2 Å². The summed E-state index contributed by atoms with van der Waals surface area (Å²) >= 11 is 0. The van der Waals surface area contributed by atoms with E-state index in [4.69, 9.17) is 5.73 Å². The minimum absolute atomic E-state index is 0.0391. The zero-order valence-electron chi connectivity index (χ0n) is 12.4. The molecule has 3 N–H and O–H groups in total. The Labute approximate surface area is 115 Å². The molecule has 3 atom stereocenters. The van der Waals surface area contributed by atoms with Gasteiger partial charge in [-0.25, -0.2) is 4.99 Å². The van der Waals surface area contributed by atoms with Crippen LogP contribution in [0.5, 0.6) is 0 Å². The predicted molar refractivity (Wildman–Crippen MR) is 78.9 cm³/mol. The number of allylic oxidation sites excluding steroid dienone is 1. The van der Waals surface area contributed by atoms with E-state index >= 15 is 0 Å². The van der Waals surface area contributed by atoms with E-state index in [9.17, 15) is 4.79 Å². The topological polar surface area (TPSA) is 70.7 Å². The molecule has 0 fully saturated rings. The highest BCUT2D eigenvalue weighted by atomic mass is 16.1. The van der Waals surface area contributed by atoms with E-state index in [1.165, 1.54) is 0 Å². The van der Waals surface area contributed by atoms with Gasteiger partial charge in [-0.15, -0.1) is 0 Å². The zero-order valence-corrected chi connectivity index (χ0v) is 12.4. The lowest BCUT2D eigenvalue weighted by Crippen LogP contribution is -2.47. The first kappa shape index (κ1) is 15.7. The highest BCUT2D eigenvalue weighted by Gasteiger charge is 2.25. The van der Waals surface area contributed by atoms with Crippen LogP contribution in [0.3, 0.4) is 0 Å². The Morgan fingerprint density at radius 1 is 1.74 bits per heavy atom. The molecule has 1 aliphatic rings. The van der Waals surface area contributed by atoms with Crippen molar-refractivity contribution in [3.8, 4) is 0 Å². The van der Waals surface area contributed by atoms with E-state index in [-0.39, 0.29) is 23.9 Å². The SMILES string of the molecule is CC/C=C1\C[C@H](N)C(C)N(CC(C)C(=O)NC)C=N1. The number of hydrogen-bond acceptors (Lipinski definition) is 4. The van der Waals surface area contributed by atoms with Crippen LogP contribution in [0.2, 0.25) is 0 Å². The highest BCUT2D eigenvalue weighted by molar-refractivity contribution is 5.78. The first-order valence-corrected chi connectivity index (χ1v) is 6.95. The largest absolute Gasteiger partial charge is 0.359 e. The fraction of sp³-hybridized carbons (Fsp3) is 0.714. The summed E-state index contributed by atoms with van der Waals surface area (Å²) in [6.45, 7) is 6.73. The van der Waals surface area contributed by atoms with Crippen molar-refractivity contribution >= 4 is 12.2 Å². The number of nitrogens with one attached hydrogen (secondary N) is 1. The summed E-state index contributed by atoms with van der Waals surface area (Å²) in [6, 6.07) is 0.218. The van der Waals surface area contributed by atoms with Crippen LogP contribution in [0.4, 0.5) is 0 Å². The van der Waals surface area contributed by atoms with Crippen molar-refractivity contribution < 1.29 is 4.79 Å². The Morgan fingerprint density at radius 2 is 2.42 bits per heavy atom. The Bertz CT molecular complexity index is 364. The molecule has 108 valence electrons. The van der Waals surface area contributed by atoms with Gasteiger partial charge >= 0.3 is 0 Å². The maximum Gasteiger partial charge on any atom is 0.224 e.